The van der Waals surface area contributed by atoms with E-state index in [2.05, 4.69) is 16.5 Å². The van der Waals surface area contributed by atoms with Crippen molar-refractivity contribution >= 4 is 11.0 Å². The van der Waals surface area contributed by atoms with Crippen LogP contribution in [0.3, 0.4) is 0 Å². The van der Waals surface area contributed by atoms with Gasteiger partial charge in [-0.3, -0.25) is 0 Å². The third-order valence-corrected chi connectivity index (χ3v) is 3.79. The number of halogens is 1. The van der Waals surface area contributed by atoms with Gasteiger partial charge in [0.2, 0.25) is 0 Å². The average molecular weight is 261 g/mol. The van der Waals surface area contributed by atoms with Crippen LogP contribution >= 0.6 is 0 Å². The second-order valence-corrected chi connectivity index (χ2v) is 5.45. The molecule has 0 spiro atoms. The second-order valence-electron chi connectivity index (χ2n) is 5.45. The molecule has 3 nitrogen and oxygen atoms in total. The zero-order chi connectivity index (χ0) is 13.4. The Labute approximate surface area is 112 Å². The van der Waals surface area contributed by atoms with Crippen molar-refractivity contribution in [2.45, 2.75) is 51.1 Å². The molecule has 1 atom stereocenters. The van der Waals surface area contributed by atoms with Crippen LogP contribution in [0.1, 0.15) is 56.9 Å². The first kappa shape index (κ1) is 12.6. The monoisotopic (exact) mass is 261 g/mol. The summed E-state index contributed by atoms with van der Waals surface area (Å²) >= 11 is 0. The Balaban J connectivity index is 2.04. The van der Waals surface area contributed by atoms with Crippen LogP contribution in [-0.4, -0.2) is 9.55 Å². The van der Waals surface area contributed by atoms with E-state index in [-0.39, 0.29) is 11.9 Å². The maximum absolute atomic E-state index is 13.3. The van der Waals surface area contributed by atoms with Crippen molar-refractivity contribution in [2.75, 3.05) is 0 Å². The molecule has 0 amide bonds. The van der Waals surface area contributed by atoms with Crippen molar-refractivity contribution in [2.24, 2.45) is 5.73 Å². The average Bonchev–Trinajstić information content (AvgIpc) is 3.16. The van der Waals surface area contributed by atoms with Gasteiger partial charge in [-0.2, -0.15) is 0 Å². The summed E-state index contributed by atoms with van der Waals surface area (Å²) in [7, 11) is 0. The Hall–Kier alpha value is -1.42. The van der Waals surface area contributed by atoms with Gasteiger partial charge >= 0.3 is 0 Å². The highest BCUT2D eigenvalue weighted by atomic mass is 19.1. The lowest BCUT2D eigenvalue weighted by Gasteiger charge is -2.13. The fourth-order valence-electron chi connectivity index (χ4n) is 2.62. The van der Waals surface area contributed by atoms with E-state index in [1.807, 2.05) is 6.07 Å². The SMILES string of the molecule is CCCCC(N)c1nc2cc(F)ccc2n1C1CC1. The van der Waals surface area contributed by atoms with E-state index >= 15 is 0 Å². The van der Waals surface area contributed by atoms with E-state index in [1.165, 1.54) is 25.0 Å². The predicted molar refractivity (Wildman–Crippen MR) is 74.4 cm³/mol. The maximum Gasteiger partial charge on any atom is 0.127 e. The number of aromatic nitrogens is 2. The topological polar surface area (TPSA) is 43.8 Å². The number of imidazole rings is 1. The van der Waals surface area contributed by atoms with Gasteiger partial charge in [-0.05, 0) is 31.4 Å². The van der Waals surface area contributed by atoms with Crippen molar-refractivity contribution in [3.8, 4) is 0 Å². The summed E-state index contributed by atoms with van der Waals surface area (Å²) in [5, 5.41) is 0. The van der Waals surface area contributed by atoms with Crippen LogP contribution in [0.2, 0.25) is 0 Å². The summed E-state index contributed by atoms with van der Waals surface area (Å²) in [6, 6.07) is 5.30. The summed E-state index contributed by atoms with van der Waals surface area (Å²) in [5.74, 6) is 0.693. The Morgan fingerprint density at radius 2 is 2.26 bits per heavy atom. The molecule has 1 saturated carbocycles. The lowest BCUT2D eigenvalue weighted by Crippen LogP contribution is -2.16. The van der Waals surface area contributed by atoms with Crippen LogP contribution in [0.15, 0.2) is 18.2 Å². The molecular weight excluding hydrogens is 241 g/mol. The van der Waals surface area contributed by atoms with E-state index in [9.17, 15) is 4.39 Å². The molecule has 1 aliphatic rings. The lowest BCUT2D eigenvalue weighted by atomic mass is 10.1. The van der Waals surface area contributed by atoms with Crippen LogP contribution < -0.4 is 5.73 Å². The smallest absolute Gasteiger partial charge is 0.127 e. The summed E-state index contributed by atoms with van der Waals surface area (Å²) in [5.41, 5.74) is 8.02. The Morgan fingerprint density at radius 1 is 1.47 bits per heavy atom. The number of fused-ring (bicyclic) bond motifs is 1. The molecule has 102 valence electrons. The molecular formula is C15H20FN3. The molecule has 1 unspecified atom stereocenters. The molecule has 1 aromatic heterocycles. The lowest BCUT2D eigenvalue weighted by molar-refractivity contribution is 0.543. The van der Waals surface area contributed by atoms with Gasteiger partial charge < -0.3 is 10.3 Å². The van der Waals surface area contributed by atoms with E-state index in [0.717, 1.165) is 36.1 Å². The largest absolute Gasteiger partial charge is 0.324 e. The fraction of sp³-hybridized carbons (Fsp3) is 0.533. The van der Waals surface area contributed by atoms with E-state index in [0.29, 0.717) is 6.04 Å². The number of benzene rings is 1. The standard InChI is InChI=1S/C15H20FN3/c1-2-3-4-12(17)15-18-13-9-10(16)5-8-14(13)19(15)11-6-7-11/h5,8-9,11-12H,2-4,6-7,17H2,1H3. The molecule has 2 aromatic rings. The molecule has 0 aliphatic heterocycles. The molecule has 3 rings (SSSR count). The Bertz CT molecular complexity index is 586. The van der Waals surface area contributed by atoms with Gasteiger partial charge in [0, 0.05) is 12.1 Å². The van der Waals surface area contributed by atoms with Gasteiger partial charge in [-0.1, -0.05) is 19.8 Å². The van der Waals surface area contributed by atoms with E-state index in [1.54, 1.807) is 0 Å². The van der Waals surface area contributed by atoms with Gasteiger partial charge in [0.05, 0.1) is 17.1 Å². The molecule has 4 heteroatoms. The van der Waals surface area contributed by atoms with Gasteiger partial charge in [-0.15, -0.1) is 0 Å². The first-order valence-electron chi connectivity index (χ1n) is 7.13. The third kappa shape index (κ3) is 2.37. The number of hydrogen-bond donors (Lipinski definition) is 1. The van der Waals surface area contributed by atoms with Crippen LogP contribution in [0, 0.1) is 5.82 Å². The first-order chi connectivity index (χ1) is 9.20. The highest BCUT2D eigenvalue weighted by molar-refractivity contribution is 5.76. The van der Waals surface area contributed by atoms with Crippen LogP contribution in [-0.2, 0) is 0 Å². The molecule has 1 aromatic carbocycles. The molecule has 1 heterocycles. The van der Waals surface area contributed by atoms with Gasteiger partial charge in [0.25, 0.3) is 0 Å². The van der Waals surface area contributed by atoms with E-state index < -0.39 is 0 Å². The summed E-state index contributed by atoms with van der Waals surface area (Å²) in [6.07, 6.45) is 5.52. The fourth-order valence-corrected chi connectivity index (χ4v) is 2.62. The minimum absolute atomic E-state index is 0.0454. The van der Waals surface area contributed by atoms with Crippen LogP contribution in [0.25, 0.3) is 11.0 Å². The second kappa shape index (κ2) is 4.93. The van der Waals surface area contributed by atoms with Crippen molar-refractivity contribution in [1.29, 1.82) is 0 Å². The Kier molecular flexibility index (Phi) is 3.27. The first-order valence-corrected chi connectivity index (χ1v) is 7.13. The van der Waals surface area contributed by atoms with Crippen LogP contribution in [0.4, 0.5) is 4.39 Å². The molecule has 19 heavy (non-hydrogen) atoms. The van der Waals surface area contributed by atoms with E-state index in [4.69, 9.17) is 5.73 Å². The zero-order valence-electron chi connectivity index (χ0n) is 11.3. The molecule has 2 N–H and O–H groups in total. The molecule has 0 saturated heterocycles. The highest BCUT2D eigenvalue weighted by Crippen LogP contribution is 2.40. The van der Waals surface area contributed by atoms with Gasteiger partial charge in [-0.25, -0.2) is 9.37 Å². The van der Waals surface area contributed by atoms with Crippen molar-refractivity contribution in [3.05, 3.63) is 29.8 Å². The van der Waals surface area contributed by atoms with Crippen molar-refractivity contribution < 1.29 is 4.39 Å². The number of rotatable bonds is 5. The molecule has 1 fully saturated rings. The molecule has 0 radical (unpaired) electrons. The van der Waals surface area contributed by atoms with Crippen molar-refractivity contribution in [3.63, 3.8) is 0 Å². The van der Waals surface area contributed by atoms with Gasteiger partial charge in [0.1, 0.15) is 11.6 Å². The van der Waals surface area contributed by atoms with Gasteiger partial charge in [0.15, 0.2) is 0 Å². The quantitative estimate of drug-likeness (QED) is 0.891. The van der Waals surface area contributed by atoms with Crippen molar-refractivity contribution in [1.82, 2.24) is 9.55 Å². The minimum Gasteiger partial charge on any atom is -0.324 e. The molecule has 0 bridgehead atoms. The number of nitrogens with zero attached hydrogens (tertiary/aromatic N) is 2. The summed E-state index contributed by atoms with van der Waals surface area (Å²) in [6.45, 7) is 2.16. The summed E-state index contributed by atoms with van der Waals surface area (Å²) in [4.78, 5) is 4.59. The third-order valence-electron chi connectivity index (χ3n) is 3.79. The van der Waals surface area contributed by atoms with Crippen LogP contribution in [0.5, 0.6) is 0 Å². The minimum atomic E-state index is -0.235. The normalized spacial score (nSPS) is 17.0. The zero-order valence-corrected chi connectivity index (χ0v) is 11.3. The Morgan fingerprint density at radius 3 is 2.95 bits per heavy atom. The number of hydrogen-bond acceptors (Lipinski definition) is 2. The summed E-state index contributed by atoms with van der Waals surface area (Å²) < 4.78 is 15.5. The number of unbranched alkanes of at least 4 members (excludes halogenated alkanes) is 1. The maximum atomic E-state index is 13.3. The number of nitrogens with two attached hydrogens (primary N) is 1. The molecule has 1 aliphatic carbocycles. The predicted octanol–water partition coefficient (Wildman–Crippen LogP) is 3.70. The highest BCUT2D eigenvalue weighted by Gasteiger charge is 2.29.